The molecular weight excluding hydrogens is 436 g/mol. The van der Waals surface area contributed by atoms with Gasteiger partial charge in [-0.1, -0.05) is 30.3 Å². The van der Waals surface area contributed by atoms with Crippen molar-refractivity contribution in [2.24, 2.45) is 0 Å². The zero-order valence-corrected chi connectivity index (χ0v) is 18.2. The molecule has 2 aromatic carbocycles. The Bertz CT molecular complexity index is 1600. The monoisotopic (exact) mass is 452 g/mol. The largest absolute Gasteiger partial charge is 0.493 e. The minimum Gasteiger partial charge on any atom is -0.493 e. The number of pyridine rings is 1. The minimum absolute atomic E-state index is 0.0737. The number of methoxy groups -OCH3 is 1. The van der Waals surface area contributed by atoms with Crippen molar-refractivity contribution in [2.75, 3.05) is 7.11 Å². The summed E-state index contributed by atoms with van der Waals surface area (Å²) in [6.45, 7) is 0. The molecule has 0 radical (unpaired) electrons. The van der Waals surface area contributed by atoms with Gasteiger partial charge < -0.3 is 9.47 Å². The van der Waals surface area contributed by atoms with Crippen LogP contribution >= 0.6 is 11.3 Å². The Morgan fingerprint density at radius 2 is 1.79 bits per heavy atom. The van der Waals surface area contributed by atoms with E-state index in [9.17, 15) is 10.1 Å². The quantitative estimate of drug-likeness (QED) is 0.342. The fourth-order valence-corrected chi connectivity index (χ4v) is 4.30. The summed E-state index contributed by atoms with van der Waals surface area (Å²) in [5, 5.41) is 10.4. The van der Waals surface area contributed by atoms with Crippen molar-refractivity contribution in [3.63, 3.8) is 0 Å². The predicted octanol–water partition coefficient (Wildman–Crippen LogP) is 5.17. The number of para-hydroxylation sites is 3. The Morgan fingerprint density at radius 3 is 2.58 bits per heavy atom. The first-order valence-corrected chi connectivity index (χ1v) is 10.8. The minimum atomic E-state index is -0.362. The number of fused-ring (bicyclic) bond motifs is 2. The molecule has 0 spiro atoms. The van der Waals surface area contributed by atoms with Crippen LogP contribution in [0.25, 0.3) is 27.5 Å². The molecule has 0 atom stereocenters. The number of hydrogen-bond donors (Lipinski definition) is 0. The second-order valence-electron chi connectivity index (χ2n) is 6.97. The molecule has 33 heavy (non-hydrogen) atoms. The second-order valence-corrected chi connectivity index (χ2v) is 8.00. The van der Waals surface area contributed by atoms with Crippen LogP contribution in [0.5, 0.6) is 17.4 Å². The van der Waals surface area contributed by atoms with Crippen molar-refractivity contribution in [1.82, 2.24) is 14.4 Å². The molecule has 5 rings (SSSR count). The van der Waals surface area contributed by atoms with Gasteiger partial charge in [0.25, 0.3) is 5.56 Å². The fourth-order valence-electron chi connectivity index (χ4n) is 3.36. The molecule has 0 saturated carbocycles. The van der Waals surface area contributed by atoms with Crippen LogP contribution in [0.4, 0.5) is 0 Å². The Morgan fingerprint density at radius 1 is 1.03 bits per heavy atom. The SMILES string of the molecule is COc1ccccc1Oc1nc2ccccn2c(=O)c1C=C(C#N)c1nc2ccccc2s1. The molecule has 0 N–H and O–H groups in total. The lowest BCUT2D eigenvalue weighted by molar-refractivity contribution is 0.374. The van der Waals surface area contributed by atoms with Crippen molar-refractivity contribution in [3.8, 4) is 23.4 Å². The third-order valence-electron chi connectivity index (χ3n) is 4.94. The normalized spacial score (nSPS) is 11.5. The van der Waals surface area contributed by atoms with Gasteiger partial charge in [-0.2, -0.15) is 10.2 Å². The van der Waals surface area contributed by atoms with Gasteiger partial charge in [0.15, 0.2) is 11.5 Å². The number of rotatable bonds is 5. The van der Waals surface area contributed by atoms with E-state index in [-0.39, 0.29) is 22.6 Å². The zero-order chi connectivity index (χ0) is 22.8. The highest BCUT2D eigenvalue weighted by Gasteiger charge is 2.18. The number of allylic oxidation sites excluding steroid dienone is 1. The summed E-state index contributed by atoms with van der Waals surface area (Å²) in [5.41, 5.74) is 1.23. The molecule has 0 unspecified atom stereocenters. The number of hydrogen-bond acceptors (Lipinski definition) is 7. The van der Waals surface area contributed by atoms with Gasteiger partial charge in [-0.05, 0) is 42.5 Å². The molecule has 0 bridgehead atoms. The predicted molar refractivity (Wildman–Crippen MR) is 128 cm³/mol. The molecule has 0 aliphatic rings. The van der Waals surface area contributed by atoms with Crippen molar-refractivity contribution in [1.29, 1.82) is 5.26 Å². The highest BCUT2D eigenvalue weighted by Crippen LogP contribution is 2.33. The lowest BCUT2D eigenvalue weighted by atomic mass is 10.2. The van der Waals surface area contributed by atoms with E-state index < -0.39 is 0 Å². The van der Waals surface area contributed by atoms with Gasteiger partial charge in [-0.15, -0.1) is 11.3 Å². The fraction of sp³-hybridized carbons (Fsp3) is 0.0400. The van der Waals surface area contributed by atoms with Gasteiger partial charge in [0.1, 0.15) is 22.3 Å². The average Bonchev–Trinajstić information content (AvgIpc) is 3.28. The number of ether oxygens (including phenoxy) is 2. The van der Waals surface area contributed by atoms with Crippen molar-refractivity contribution < 1.29 is 9.47 Å². The van der Waals surface area contributed by atoms with Crippen LogP contribution in [0.15, 0.2) is 77.7 Å². The van der Waals surface area contributed by atoms with Gasteiger partial charge >= 0.3 is 0 Å². The maximum atomic E-state index is 13.4. The number of thiazole rings is 1. The van der Waals surface area contributed by atoms with Gasteiger partial charge in [0.05, 0.1) is 22.9 Å². The van der Waals surface area contributed by atoms with Gasteiger partial charge in [-0.25, -0.2) is 4.98 Å². The van der Waals surface area contributed by atoms with E-state index in [1.54, 1.807) is 42.6 Å². The van der Waals surface area contributed by atoms with E-state index in [0.29, 0.717) is 22.2 Å². The average molecular weight is 452 g/mol. The van der Waals surface area contributed by atoms with E-state index in [0.717, 1.165) is 10.2 Å². The van der Waals surface area contributed by atoms with E-state index >= 15 is 0 Å². The standard InChI is InChI=1S/C25H16N4O3S/c1-31-19-9-3-4-10-20(19)32-23-17(25(30)29-13-7-6-12-22(29)28-23)14-16(15-26)24-27-18-8-2-5-11-21(18)33-24/h2-14H,1H3. The molecule has 7 nitrogen and oxygen atoms in total. The second kappa shape index (κ2) is 8.57. The van der Waals surface area contributed by atoms with Crippen LogP contribution in [0.2, 0.25) is 0 Å². The van der Waals surface area contributed by atoms with Crippen LogP contribution in [0.1, 0.15) is 10.6 Å². The summed E-state index contributed by atoms with van der Waals surface area (Å²) in [6, 6.07) is 22.1. The Kier molecular flexibility index (Phi) is 5.30. The zero-order valence-electron chi connectivity index (χ0n) is 17.4. The molecule has 3 aromatic heterocycles. The number of aromatic nitrogens is 3. The lowest BCUT2D eigenvalue weighted by Gasteiger charge is -2.12. The maximum Gasteiger partial charge on any atom is 0.269 e. The molecular formula is C25H16N4O3S. The Labute approximate surface area is 192 Å². The summed E-state index contributed by atoms with van der Waals surface area (Å²) in [5.74, 6) is 0.971. The highest BCUT2D eigenvalue weighted by atomic mass is 32.1. The molecule has 0 amide bonds. The van der Waals surface area contributed by atoms with Crippen LogP contribution in [0, 0.1) is 11.3 Å². The van der Waals surface area contributed by atoms with Gasteiger partial charge in [0.2, 0.25) is 5.88 Å². The third-order valence-corrected chi connectivity index (χ3v) is 6.01. The van der Waals surface area contributed by atoms with E-state index in [1.807, 2.05) is 30.3 Å². The first-order chi connectivity index (χ1) is 16.2. The Balaban J connectivity index is 1.71. The van der Waals surface area contributed by atoms with Gasteiger partial charge in [0, 0.05) is 6.20 Å². The molecule has 0 aliphatic carbocycles. The number of benzene rings is 2. The van der Waals surface area contributed by atoms with Gasteiger partial charge in [-0.3, -0.25) is 9.20 Å². The van der Waals surface area contributed by atoms with E-state index in [1.165, 1.54) is 28.9 Å². The maximum absolute atomic E-state index is 13.4. The molecule has 8 heteroatoms. The first kappa shape index (κ1) is 20.4. The smallest absolute Gasteiger partial charge is 0.269 e. The number of nitriles is 1. The molecule has 160 valence electrons. The summed E-state index contributed by atoms with van der Waals surface area (Å²) in [6.07, 6.45) is 3.11. The molecule has 0 aliphatic heterocycles. The molecule has 3 heterocycles. The van der Waals surface area contributed by atoms with Crippen LogP contribution < -0.4 is 15.0 Å². The van der Waals surface area contributed by atoms with Crippen molar-refractivity contribution >= 4 is 38.8 Å². The summed E-state index contributed by atoms with van der Waals surface area (Å²) >= 11 is 1.38. The summed E-state index contributed by atoms with van der Waals surface area (Å²) in [7, 11) is 1.53. The van der Waals surface area contributed by atoms with Crippen molar-refractivity contribution in [2.45, 2.75) is 0 Å². The van der Waals surface area contributed by atoms with Crippen LogP contribution in [0.3, 0.4) is 0 Å². The number of nitrogens with zero attached hydrogens (tertiary/aromatic N) is 4. The summed E-state index contributed by atoms with van der Waals surface area (Å²) in [4.78, 5) is 22.5. The topological polar surface area (TPSA) is 89.5 Å². The Hall–Kier alpha value is -4.48. The molecule has 0 saturated heterocycles. The van der Waals surface area contributed by atoms with Crippen LogP contribution in [-0.2, 0) is 0 Å². The van der Waals surface area contributed by atoms with Crippen LogP contribution in [-0.4, -0.2) is 21.5 Å². The molecule has 5 aromatic rings. The lowest BCUT2D eigenvalue weighted by Crippen LogP contribution is -2.18. The van der Waals surface area contributed by atoms with E-state index in [2.05, 4.69) is 16.0 Å². The van der Waals surface area contributed by atoms with Crippen molar-refractivity contribution in [3.05, 3.63) is 93.9 Å². The first-order valence-electron chi connectivity index (χ1n) is 9.98. The molecule has 0 fully saturated rings. The summed E-state index contributed by atoms with van der Waals surface area (Å²) < 4.78 is 13.8. The third kappa shape index (κ3) is 3.82. The van der Waals surface area contributed by atoms with E-state index in [4.69, 9.17) is 9.47 Å². The highest BCUT2D eigenvalue weighted by molar-refractivity contribution is 7.19.